The molecular weight excluding hydrogens is 1060 g/mol. The molecule has 4 fully saturated rings. The average molecular weight is 1120 g/mol. The van der Waals surface area contributed by atoms with Crippen molar-refractivity contribution in [1.82, 2.24) is 19.8 Å². The second-order valence-electron chi connectivity index (χ2n) is 21.1. The zero-order valence-electron chi connectivity index (χ0n) is 42.0. The van der Waals surface area contributed by atoms with Crippen LogP contribution in [0.3, 0.4) is 0 Å². The van der Waals surface area contributed by atoms with Crippen molar-refractivity contribution in [2.75, 3.05) is 75.2 Å². The Balaban J connectivity index is 0.000000190. The largest absolute Gasteiger partial charge is 0.418 e. The fourth-order valence-corrected chi connectivity index (χ4v) is 12.2. The first-order chi connectivity index (χ1) is 36.7. The van der Waals surface area contributed by atoms with Gasteiger partial charge in [0.05, 0.1) is 35.3 Å². The number of carbonyl (C=O) groups is 4. The molecule has 424 valence electrons. The van der Waals surface area contributed by atoms with Gasteiger partial charge in [0.2, 0.25) is 0 Å². The zero-order valence-corrected chi connectivity index (χ0v) is 42.0. The van der Waals surface area contributed by atoms with Crippen LogP contribution in [-0.4, -0.2) is 155 Å². The molecule has 14 nitrogen and oxygen atoms in total. The summed E-state index contributed by atoms with van der Waals surface area (Å²) in [4.78, 5) is 73.0. The lowest BCUT2D eigenvalue weighted by Gasteiger charge is -2.36. The molecule has 78 heavy (non-hydrogen) atoms. The van der Waals surface area contributed by atoms with E-state index in [1.165, 1.54) is 9.80 Å². The normalized spacial score (nSPS) is 25.2. The van der Waals surface area contributed by atoms with Gasteiger partial charge in [0.15, 0.2) is 11.6 Å². The van der Waals surface area contributed by atoms with E-state index in [-0.39, 0.29) is 109 Å². The number of carbonyl (C=O) groups excluding carboxylic acids is 4. The molecule has 0 unspecified atom stereocenters. The minimum atomic E-state index is -4.82. The smallest absolute Gasteiger partial charge is 0.384 e. The van der Waals surface area contributed by atoms with Gasteiger partial charge in [-0.1, -0.05) is 0 Å². The molecule has 4 atom stereocenters. The highest BCUT2D eigenvalue weighted by Gasteiger charge is 2.56. The number of amides is 2. The number of nitrogens with zero attached hydrogens (tertiary/aromatic N) is 8. The van der Waals surface area contributed by atoms with Crippen LogP contribution < -0.4 is 9.80 Å². The number of Topliss-reactive ketones (excluding diaryl/α,β-unsaturated/α-hetero) is 2. The summed E-state index contributed by atoms with van der Waals surface area (Å²) in [6.45, 7) is 2.63. The summed E-state index contributed by atoms with van der Waals surface area (Å²) in [7, 11) is 0. The number of hydrogen-bond acceptors (Lipinski definition) is 12. The van der Waals surface area contributed by atoms with Gasteiger partial charge < -0.3 is 29.8 Å². The lowest BCUT2D eigenvalue weighted by molar-refractivity contribution is -0.191. The van der Waals surface area contributed by atoms with Crippen LogP contribution in [0, 0.1) is 23.7 Å². The van der Waals surface area contributed by atoms with Crippen LogP contribution in [0.2, 0.25) is 0 Å². The Morgan fingerprint density at radius 3 is 1.14 bits per heavy atom. The fraction of sp³-hybridized carbons (Fsp3) is 0.615. The summed E-state index contributed by atoms with van der Waals surface area (Å²) >= 11 is 0. The van der Waals surface area contributed by atoms with Gasteiger partial charge in [0.1, 0.15) is 35.7 Å². The molecule has 0 bridgehead atoms. The summed E-state index contributed by atoms with van der Waals surface area (Å²) in [5.74, 6) is -8.10. The lowest BCUT2D eigenvalue weighted by atomic mass is 9.74. The third-order valence-electron chi connectivity index (χ3n) is 16.1. The first-order valence-electron chi connectivity index (χ1n) is 26.0. The van der Waals surface area contributed by atoms with Crippen LogP contribution in [0.4, 0.5) is 64.3 Å². The number of piperidine rings is 4. The molecule has 2 amide bonds. The van der Waals surface area contributed by atoms with Crippen LogP contribution in [0.1, 0.15) is 109 Å². The molecule has 8 aliphatic rings. The van der Waals surface area contributed by atoms with Crippen molar-refractivity contribution in [3.8, 4) is 0 Å². The second kappa shape index (κ2) is 22.0. The molecule has 2 aromatic heterocycles. The van der Waals surface area contributed by atoms with E-state index in [2.05, 4.69) is 20.0 Å². The number of aliphatic imine (C=N–C) groups is 2. The topological polar surface area (TPSA) is 172 Å². The van der Waals surface area contributed by atoms with E-state index in [0.29, 0.717) is 64.3 Å². The molecule has 4 saturated heterocycles. The van der Waals surface area contributed by atoms with Gasteiger partial charge in [-0.2, -0.15) is 52.7 Å². The molecular formula is C52H56F12N8O6. The molecule has 0 radical (unpaired) electrons. The Bertz CT molecular complexity index is 2610. The van der Waals surface area contributed by atoms with Crippen LogP contribution in [0.15, 0.2) is 56.8 Å². The standard InChI is InChI=1S/2C26H28F6N4O3/c2*27-25(28,29)17-13-33-19(11-16(17)24(39)36-6-2-1-3-7-36)35-8-4-14(5-9-35)22-20-15(12-34-22)10-18(37)23(38)21(20)26(30,31)32/h2*11,13-14,21,23,38H,1-10,12H2/t2*21-,23+/m10/s1. The Labute approximate surface area is 439 Å². The molecule has 2 aliphatic carbocycles. The monoisotopic (exact) mass is 1120 g/mol. The molecule has 0 saturated carbocycles. The number of ketones is 2. The quantitative estimate of drug-likeness (QED) is 0.268. The number of halogens is 12. The first kappa shape index (κ1) is 56.8. The van der Waals surface area contributed by atoms with Crippen LogP contribution in [0.25, 0.3) is 0 Å². The Kier molecular flexibility index (Phi) is 16.0. The summed E-state index contributed by atoms with van der Waals surface area (Å²) in [6.07, 6.45) is -16.6. The number of rotatable bonds is 6. The second-order valence-corrected chi connectivity index (χ2v) is 21.1. The van der Waals surface area contributed by atoms with Gasteiger partial charge >= 0.3 is 24.7 Å². The third-order valence-corrected chi connectivity index (χ3v) is 16.1. The van der Waals surface area contributed by atoms with Gasteiger partial charge in [0.25, 0.3) is 11.8 Å². The van der Waals surface area contributed by atoms with E-state index in [4.69, 9.17) is 0 Å². The molecule has 6 aliphatic heterocycles. The Morgan fingerprint density at radius 1 is 0.500 bits per heavy atom. The van der Waals surface area contributed by atoms with Crippen molar-refractivity contribution in [3.05, 3.63) is 69.1 Å². The number of aliphatic hydroxyl groups excluding tert-OH is 2. The van der Waals surface area contributed by atoms with Crippen molar-refractivity contribution >= 4 is 46.4 Å². The van der Waals surface area contributed by atoms with E-state index in [0.717, 1.165) is 50.7 Å². The Morgan fingerprint density at radius 2 is 0.833 bits per heavy atom. The molecule has 0 spiro atoms. The van der Waals surface area contributed by atoms with Gasteiger partial charge in [0, 0.05) is 101 Å². The highest BCUT2D eigenvalue weighted by molar-refractivity contribution is 6.09. The fourth-order valence-electron chi connectivity index (χ4n) is 12.2. The van der Waals surface area contributed by atoms with Gasteiger partial charge in [-0.15, -0.1) is 0 Å². The number of aromatic nitrogens is 2. The highest BCUT2D eigenvalue weighted by atomic mass is 19.4. The van der Waals surface area contributed by atoms with Crippen LogP contribution in [-0.2, 0) is 21.9 Å². The van der Waals surface area contributed by atoms with E-state index >= 15 is 0 Å². The third kappa shape index (κ3) is 11.6. The number of aliphatic hydroxyl groups is 2. The van der Waals surface area contributed by atoms with E-state index in [1.54, 1.807) is 9.80 Å². The van der Waals surface area contributed by atoms with Crippen molar-refractivity contribution in [2.45, 2.75) is 114 Å². The Hall–Kier alpha value is -5.92. The van der Waals surface area contributed by atoms with Gasteiger partial charge in [-0.25, -0.2) is 9.97 Å². The molecule has 8 heterocycles. The average Bonchev–Trinajstić information content (AvgIpc) is 4.22. The number of hydrogen-bond donors (Lipinski definition) is 2. The number of anilines is 2. The highest BCUT2D eigenvalue weighted by Crippen LogP contribution is 2.47. The molecule has 2 N–H and O–H groups in total. The maximum Gasteiger partial charge on any atom is 0.418 e. The van der Waals surface area contributed by atoms with Crippen molar-refractivity contribution < 1.29 is 82.1 Å². The van der Waals surface area contributed by atoms with Gasteiger partial charge in [-0.3, -0.25) is 29.2 Å². The number of pyridine rings is 2. The first-order valence-corrected chi connectivity index (χ1v) is 26.0. The summed E-state index contributed by atoms with van der Waals surface area (Å²) in [5.41, 5.74) is -2.21. The van der Waals surface area contributed by atoms with Gasteiger partial charge in [-0.05, 0) is 98.6 Å². The SMILES string of the molecule is O=C1CC2=C(C(C3CCN(c4cc(C(=O)N5CCCCC5)c(C(F)(F)F)cn4)CC3)=NC2)[C@@H](C(F)(F)F)[C@H]1O.O=C1CC2=C(C(C3CCN(c4cc(C(=O)N5CCCCC5)c(C(F)(F)F)cn4)CC3)=NC2)[C@H](C(F)(F)F)[C@@H]1O. The maximum absolute atomic E-state index is 13.9. The van der Waals surface area contributed by atoms with E-state index in [1.807, 2.05) is 0 Å². The predicted molar refractivity (Wildman–Crippen MR) is 257 cm³/mol. The van der Waals surface area contributed by atoms with Crippen molar-refractivity contribution in [1.29, 1.82) is 0 Å². The maximum atomic E-state index is 13.9. The predicted octanol–water partition coefficient (Wildman–Crippen LogP) is 8.41. The van der Waals surface area contributed by atoms with Crippen molar-refractivity contribution in [2.24, 2.45) is 33.7 Å². The minimum absolute atomic E-state index is 0.0155. The zero-order chi connectivity index (χ0) is 56.2. The lowest BCUT2D eigenvalue weighted by Crippen LogP contribution is -2.46. The molecule has 10 rings (SSSR count). The number of alkyl halides is 12. The molecule has 26 heteroatoms. The summed E-state index contributed by atoms with van der Waals surface area (Å²) < 4.78 is 165. The minimum Gasteiger partial charge on any atom is -0.384 e. The number of likely N-dealkylation sites (tertiary alicyclic amines) is 2. The van der Waals surface area contributed by atoms with E-state index in [9.17, 15) is 82.1 Å². The molecule has 2 aromatic rings. The van der Waals surface area contributed by atoms with E-state index < -0.39 is 94.4 Å². The summed E-state index contributed by atoms with van der Waals surface area (Å²) in [5, 5.41) is 20.2. The summed E-state index contributed by atoms with van der Waals surface area (Å²) in [6, 6.07) is 2.33. The van der Waals surface area contributed by atoms with Crippen molar-refractivity contribution in [3.63, 3.8) is 0 Å². The molecule has 0 aromatic carbocycles. The van der Waals surface area contributed by atoms with Crippen LogP contribution in [0.5, 0.6) is 0 Å². The van der Waals surface area contributed by atoms with Crippen LogP contribution >= 0.6 is 0 Å².